The van der Waals surface area contributed by atoms with E-state index in [1.807, 2.05) is 11.3 Å². The number of fused-ring (bicyclic) bond motifs is 9. The van der Waals surface area contributed by atoms with Crippen molar-refractivity contribution in [1.82, 2.24) is 0 Å². The monoisotopic (exact) mass is 703 g/mol. The molecule has 10 aromatic carbocycles. The summed E-state index contributed by atoms with van der Waals surface area (Å²) in [4.78, 5) is 2.47. The van der Waals surface area contributed by atoms with Gasteiger partial charge in [0.1, 0.15) is 0 Å². The van der Waals surface area contributed by atoms with Gasteiger partial charge in [-0.15, -0.1) is 11.3 Å². The molecule has 11 rings (SSSR count). The SMILES string of the molecule is c1ccc(-c2ccccc2N(c2ccc(-c3ccc4c(ccc5ccc6ccccc6c54)c3)cc2)c2cccc3sc4cc5ccccc5cc4c23)cc1. The Balaban J connectivity index is 1.09. The van der Waals surface area contributed by atoms with Gasteiger partial charge in [0.2, 0.25) is 0 Å². The first-order valence-electron chi connectivity index (χ1n) is 18.5. The van der Waals surface area contributed by atoms with Gasteiger partial charge in [0, 0.05) is 31.4 Å². The second kappa shape index (κ2) is 12.4. The second-order valence-corrected chi connectivity index (χ2v) is 15.2. The van der Waals surface area contributed by atoms with Crippen molar-refractivity contribution < 1.29 is 0 Å². The quantitative estimate of drug-likeness (QED) is 0.161. The highest BCUT2D eigenvalue weighted by Crippen LogP contribution is 2.48. The standard InChI is InChI=1S/C52H33NS/c1-2-11-35(12-3-1)43-16-8-9-18-47(43)53(48-19-10-20-49-52(48)46-32-38-14-4-5-15-39(38)33-50(46)54-49)42-28-25-34(26-29-42)40-27-30-45-41(31-40)24-23-37-22-21-36-13-6-7-17-44(36)51(37)45/h1-33H. The van der Waals surface area contributed by atoms with Gasteiger partial charge >= 0.3 is 0 Å². The molecule has 2 heteroatoms. The Kier molecular flexibility index (Phi) is 7.11. The number of anilines is 3. The topological polar surface area (TPSA) is 3.24 Å². The Labute approximate surface area is 317 Å². The molecule has 0 aliphatic rings. The molecule has 0 bridgehead atoms. The Hall–Kier alpha value is -6.74. The minimum atomic E-state index is 1.12. The highest BCUT2D eigenvalue weighted by atomic mass is 32.1. The van der Waals surface area contributed by atoms with Crippen LogP contribution in [0.15, 0.2) is 200 Å². The Bertz CT molecular complexity index is 3210. The lowest BCUT2D eigenvalue weighted by molar-refractivity contribution is 1.30. The lowest BCUT2D eigenvalue weighted by Crippen LogP contribution is -2.11. The van der Waals surface area contributed by atoms with Gasteiger partial charge < -0.3 is 4.90 Å². The minimum Gasteiger partial charge on any atom is -0.309 e. The van der Waals surface area contributed by atoms with Gasteiger partial charge in [-0.05, 0) is 108 Å². The van der Waals surface area contributed by atoms with Crippen LogP contribution in [0, 0.1) is 0 Å². The molecule has 0 radical (unpaired) electrons. The third-order valence-electron chi connectivity index (χ3n) is 11.0. The minimum absolute atomic E-state index is 1.12. The molecule has 252 valence electrons. The largest absolute Gasteiger partial charge is 0.309 e. The second-order valence-electron chi connectivity index (χ2n) is 14.1. The van der Waals surface area contributed by atoms with Gasteiger partial charge in [0.05, 0.1) is 11.4 Å². The zero-order chi connectivity index (χ0) is 35.6. The van der Waals surface area contributed by atoms with Crippen molar-refractivity contribution >= 4 is 91.7 Å². The predicted octanol–water partition coefficient (Wildman–Crippen LogP) is 15.5. The van der Waals surface area contributed by atoms with Gasteiger partial charge in [-0.3, -0.25) is 0 Å². The summed E-state index contributed by atoms with van der Waals surface area (Å²) in [6, 6.07) is 73.5. The van der Waals surface area contributed by atoms with Crippen LogP contribution in [0.5, 0.6) is 0 Å². The highest BCUT2D eigenvalue weighted by Gasteiger charge is 2.21. The van der Waals surface area contributed by atoms with Crippen LogP contribution in [0.3, 0.4) is 0 Å². The number of hydrogen-bond donors (Lipinski definition) is 0. The zero-order valence-electron chi connectivity index (χ0n) is 29.4. The van der Waals surface area contributed by atoms with E-state index in [4.69, 9.17) is 0 Å². The summed E-state index contributed by atoms with van der Waals surface area (Å²) < 4.78 is 2.59. The summed E-state index contributed by atoms with van der Waals surface area (Å²) in [6.45, 7) is 0. The van der Waals surface area contributed by atoms with Crippen LogP contribution in [0.1, 0.15) is 0 Å². The van der Waals surface area contributed by atoms with Crippen molar-refractivity contribution in [2.75, 3.05) is 4.90 Å². The van der Waals surface area contributed by atoms with E-state index in [1.54, 1.807) is 0 Å². The number of nitrogens with zero attached hydrogens (tertiary/aromatic N) is 1. The van der Waals surface area contributed by atoms with Crippen molar-refractivity contribution in [3.8, 4) is 22.3 Å². The van der Waals surface area contributed by atoms with Crippen LogP contribution in [0.2, 0.25) is 0 Å². The molecule has 0 N–H and O–H groups in total. The van der Waals surface area contributed by atoms with E-state index >= 15 is 0 Å². The fourth-order valence-electron chi connectivity index (χ4n) is 8.44. The predicted molar refractivity (Wildman–Crippen MR) is 235 cm³/mol. The summed E-state index contributed by atoms with van der Waals surface area (Å²) in [5.41, 5.74) is 8.23. The van der Waals surface area contributed by atoms with Crippen LogP contribution in [-0.4, -0.2) is 0 Å². The Morgan fingerprint density at radius 1 is 0.315 bits per heavy atom. The van der Waals surface area contributed by atoms with Crippen LogP contribution in [0.4, 0.5) is 17.1 Å². The van der Waals surface area contributed by atoms with Gasteiger partial charge in [0.15, 0.2) is 0 Å². The number of hydrogen-bond acceptors (Lipinski definition) is 2. The molecule has 0 unspecified atom stereocenters. The smallest absolute Gasteiger partial charge is 0.0555 e. The maximum Gasteiger partial charge on any atom is 0.0555 e. The lowest BCUT2D eigenvalue weighted by atomic mass is 9.94. The first-order valence-corrected chi connectivity index (χ1v) is 19.3. The Morgan fingerprint density at radius 3 is 1.81 bits per heavy atom. The first-order chi connectivity index (χ1) is 26.8. The molecule has 0 aliphatic carbocycles. The van der Waals surface area contributed by atoms with Crippen LogP contribution < -0.4 is 4.90 Å². The molecule has 0 amide bonds. The van der Waals surface area contributed by atoms with Crippen LogP contribution in [-0.2, 0) is 0 Å². The van der Waals surface area contributed by atoms with E-state index in [0.717, 1.165) is 11.4 Å². The number of thiophene rings is 1. The maximum atomic E-state index is 2.47. The van der Waals surface area contributed by atoms with E-state index in [-0.39, 0.29) is 0 Å². The first kappa shape index (κ1) is 30.8. The van der Waals surface area contributed by atoms with Crippen LogP contribution in [0.25, 0.3) is 85.5 Å². The summed E-state index contributed by atoms with van der Waals surface area (Å²) in [6.07, 6.45) is 0. The van der Waals surface area contributed by atoms with E-state index in [9.17, 15) is 0 Å². The average Bonchev–Trinajstić information content (AvgIpc) is 3.61. The highest BCUT2D eigenvalue weighted by molar-refractivity contribution is 7.26. The molecule has 0 aliphatic heterocycles. The normalized spacial score (nSPS) is 11.7. The molecule has 0 saturated heterocycles. The van der Waals surface area contributed by atoms with E-state index in [2.05, 4.69) is 205 Å². The van der Waals surface area contributed by atoms with E-state index < -0.39 is 0 Å². The van der Waals surface area contributed by atoms with Crippen molar-refractivity contribution in [2.45, 2.75) is 0 Å². The third kappa shape index (κ3) is 4.99. The van der Waals surface area contributed by atoms with Crippen LogP contribution >= 0.6 is 11.3 Å². The number of benzene rings is 10. The molecular formula is C52H33NS. The number of para-hydroxylation sites is 1. The molecule has 54 heavy (non-hydrogen) atoms. The van der Waals surface area contributed by atoms with Crippen molar-refractivity contribution in [2.24, 2.45) is 0 Å². The van der Waals surface area contributed by atoms with Crippen molar-refractivity contribution in [1.29, 1.82) is 0 Å². The van der Waals surface area contributed by atoms with Crippen molar-refractivity contribution in [3.05, 3.63) is 200 Å². The zero-order valence-corrected chi connectivity index (χ0v) is 30.2. The lowest BCUT2D eigenvalue weighted by Gasteiger charge is -2.29. The van der Waals surface area contributed by atoms with Gasteiger partial charge in [-0.1, -0.05) is 152 Å². The van der Waals surface area contributed by atoms with Gasteiger partial charge in [-0.2, -0.15) is 0 Å². The van der Waals surface area contributed by atoms with E-state index in [1.165, 1.54) is 91.2 Å². The number of rotatable bonds is 5. The van der Waals surface area contributed by atoms with E-state index in [0.29, 0.717) is 0 Å². The summed E-state index contributed by atoms with van der Waals surface area (Å²) in [5, 5.41) is 12.8. The molecule has 11 aromatic rings. The molecule has 1 nitrogen and oxygen atoms in total. The molecule has 1 aromatic heterocycles. The molecular weight excluding hydrogens is 671 g/mol. The molecule has 0 fully saturated rings. The average molecular weight is 704 g/mol. The summed E-state index contributed by atoms with van der Waals surface area (Å²) in [7, 11) is 0. The molecule has 0 atom stereocenters. The van der Waals surface area contributed by atoms with Gasteiger partial charge in [0.25, 0.3) is 0 Å². The molecule has 0 saturated carbocycles. The summed E-state index contributed by atoms with van der Waals surface area (Å²) in [5.74, 6) is 0. The van der Waals surface area contributed by atoms with Crippen molar-refractivity contribution in [3.63, 3.8) is 0 Å². The Morgan fingerprint density at radius 2 is 0.963 bits per heavy atom. The third-order valence-corrected chi connectivity index (χ3v) is 12.1. The fourth-order valence-corrected chi connectivity index (χ4v) is 9.59. The molecule has 1 heterocycles. The maximum absolute atomic E-state index is 2.47. The molecule has 0 spiro atoms. The fraction of sp³-hybridized carbons (Fsp3) is 0. The summed E-state index contributed by atoms with van der Waals surface area (Å²) >= 11 is 1.87. The van der Waals surface area contributed by atoms with Gasteiger partial charge in [-0.25, -0.2) is 0 Å².